The highest BCUT2D eigenvalue weighted by atomic mass is 16.3. The molecule has 5 atom stereocenters. The molecule has 0 aromatic heterocycles. The van der Waals surface area contributed by atoms with Crippen LogP contribution in [0.15, 0.2) is 12.2 Å². The number of fused-ring (bicyclic) bond motifs is 3. The monoisotopic (exact) mass is 220 g/mol. The maximum absolute atomic E-state index is 10.6. The van der Waals surface area contributed by atoms with E-state index < -0.39 is 5.60 Å². The molecule has 0 aromatic rings. The molecule has 0 heterocycles. The number of allylic oxidation sites excluding steroid dienone is 1. The topological polar surface area (TPSA) is 20.2 Å². The summed E-state index contributed by atoms with van der Waals surface area (Å²) in [5.41, 5.74) is 1.46. The molecule has 3 saturated carbocycles. The van der Waals surface area contributed by atoms with Crippen LogP contribution in [0.25, 0.3) is 0 Å². The predicted molar refractivity (Wildman–Crippen MR) is 66.0 cm³/mol. The predicted octanol–water partition coefficient (Wildman–Crippen LogP) is 3.39. The van der Waals surface area contributed by atoms with Gasteiger partial charge in [-0.2, -0.15) is 0 Å². The Hall–Kier alpha value is -0.300. The van der Waals surface area contributed by atoms with Gasteiger partial charge in [0.05, 0.1) is 5.60 Å². The molecule has 0 spiro atoms. The molecule has 3 aliphatic rings. The van der Waals surface area contributed by atoms with E-state index in [4.69, 9.17) is 0 Å². The Morgan fingerprint density at radius 3 is 2.56 bits per heavy atom. The standard InChI is InChI=1S/C15H24O/c1-9-5-6-11-13(14(11,2)3)12-10(9)7-8-15(12,4)16/h10-13,16H,1,5-8H2,2-4H3/t10-,11-,12+,13-,15-/m1/s1. The van der Waals surface area contributed by atoms with Gasteiger partial charge in [0.25, 0.3) is 0 Å². The highest BCUT2D eigenvalue weighted by Crippen LogP contribution is 2.71. The number of hydrogen-bond donors (Lipinski definition) is 1. The van der Waals surface area contributed by atoms with E-state index in [1.807, 2.05) is 0 Å². The van der Waals surface area contributed by atoms with Crippen LogP contribution in [0, 0.1) is 29.1 Å². The Kier molecular flexibility index (Phi) is 1.98. The molecule has 0 radical (unpaired) electrons. The summed E-state index contributed by atoms with van der Waals surface area (Å²) in [6, 6.07) is 0. The Morgan fingerprint density at radius 2 is 1.88 bits per heavy atom. The van der Waals surface area contributed by atoms with Crippen LogP contribution >= 0.6 is 0 Å². The van der Waals surface area contributed by atoms with Crippen molar-refractivity contribution in [2.45, 2.75) is 52.1 Å². The van der Waals surface area contributed by atoms with Gasteiger partial charge in [0.2, 0.25) is 0 Å². The molecule has 0 aliphatic heterocycles. The summed E-state index contributed by atoms with van der Waals surface area (Å²) in [6.07, 6.45) is 4.64. The SMILES string of the molecule is C=C1CC[C@@H]2[C@H]([C@@H]3[C@@H]1CC[C@@]3(C)O)C2(C)C. The van der Waals surface area contributed by atoms with Gasteiger partial charge in [-0.3, -0.25) is 0 Å². The summed E-state index contributed by atoms with van der Waals surface area (Å²) in [7, 11) is 0. The zero-order valence-corrected chi connectivity index (χ0v) is 10.8. The molecule has 0 bridgehead atoms. The quantitative estimate of drug-likeness (QED) is 0.620. The lowest BCUT2D eigenvalue weighted by atomic mass is 9.78. The molecule has 1 N–H and O–H groups in total. The van der Waals surface area contributed by atoms with E-state index in [1.54, 1.807) is 0 Å². The van der Waals surface area contributed by atoms with Crippen LogP contribution in [-0.4, -0.2) is 10.7 Å². The minimum absolute atomic E-state index is 0.436. The van der Waals surface area contributed by atoms with Gasteiger partial charge in [-0.25, -0.2) is 0 Å². The Labute approximate surface area is 98.9 Å². The molecular formula is C15H24O. The van der Waals surface area contributed by atoms with Gasteiger partial charge in [0.15, 0.2) is 0 Å². The normalized spacial score (nSPS) is 54.1. The number of hydrogen-bond acceptors (Lipinski definition) is 1. The van der Waals surface area contributed by atoms with Gasteiger partial charge in [0, 0.05) is 0 Å². The third-order valence-corrected chi connectivity index (χ3v) is 5.94. The third kappa shape index (κ3) is 1.21. The lowest BCUT2D eigenvalue weighted by Crippen LogP contribution is -2.34. The van der Waals surface area contributed by atoms with E-state index in [2.05, 4.69) is 27.4 Å². The molecule has 0 unspecified atom stereocenters. The lowest BCUT2D eigenvalue weighted by molar-refractivity contribution is -0.00137. The van der Waals surface area contributed by atoms with Crippen LogP contribution in [0.3, 0.4) is 0 Å². The molecule has 0 amide bonds. The van der Waals surface area contributed by atoms with E-state index in [-0.39, 0.29) is 0 Å². The highest BCUT2D eigenvalue weighted by molar-refractivity contribution is 5.22. The minimum atomic E-state index is -0.436. The van der Waals surface area contributed by atoms with Crippen molar-refractivity contribution in [3.05, 3.63) is 12.2 Å². The smallest absolute Gasteiger partial charge is 0.0656 e. The molecule has 3 aliphatic carbocycles. The zero-order chi connectivity index (χ0) is 11.7. The van der Waals surface area contributed by atoms with Crippen molar-refractivity contribution in [2.24, 2.45) is 29.1 Å². The molecule has 0 saturated heterocycles. The third-order valence-electron chi connectivity index (χ3n) is 5.94. The minimum Gasteiger partial charge on any atom is -0.390 e. The molecule has 1 heteroatoms. The van der Waals surface area contributed by atoms with Gasteiger partial charge in [-0.15, -0.1) is 0 Å². The van der Waals surface area contributed by atoms with E-state index in [0.29, 0.717) is 17.3 Å². The van der Waals surface area contributed by atoms with E-state index in [9.17, 15) is 5.11 Å². The molecule has 3 fully saturated rings. The van der Waals surface area contributed by atoms with Crippen LogP contribution in [0.4, 0.5) is 0 Å². The molecule has 0 aromatic carbocycles. The van der Waals surface area contributed by atoms with Crippen molar-refractivity contribution in [3.8, 4) is 0 Å². The first-order valence-electron chi connectivity index (χ1n) is 6.76. The summed E-state index contributed by atoms with van der Waals surface area (Å²) in [4.78, 5) is 0. The van der Waals surface area contributed by atoms with Crippen molar-refractivity contribution in [2.75, 3.05) is 0 Å². The maximum Gasteiger partial charge on any atom is 0.0656 e. The maximum atomic E-state index is 10.6. The van der Waals surface area contributed by atoms with Crippen LogP contribution in [0.5, 0.6) is 0 Å². The van der Waals surface area contributed by atoms with Crippen molar-refractivity contribution >= 4 is 0 Å². The first kappa shape index (κ1) is 10.8. The molecule has 90 valence electrons. The first-order valence-corrected chi connectivity index (χ1v) is 6.76. The second-order valence-electron chi connectivity index (χ2n) is 7.18. The number of rotatable bonds is 0. The van der Waals surface area contributed by atoms with Crippen molar-refractivity contribution in [3.63, 3.8) is 0 Å². The zero-order valence-electron chi connectivity index (χ0n) is 10.8. The Morgan fingerprint density at radius 1 is 1.19 bits per heavy atom. The van der Waals surface area contributed by atoms with Crippen molar-refractivity contribution in [1.82, 2.24) is 0 Å². The van der Waals surface area contributed by atoms with Crippen LogP contribution in [0.1, 0.15) is 46.5 Å². The largest absolute Gasteiger partial charge is 0.390 e. The van der Waals surface area contributed by atoms with Gasteiger partial charge in [-0.05, 0) is 61.7 Å². The molecule has 16 heavy (non-hydrogen) atoms. The van der Waals surface area contributed by atoms with E-state index >= 15 is 0 Å². The summed E-state index contributed by atoms with van der Waals surface area (Å²) >= 11 is 0. The summed E-state index contributed by atoms with van der Waals surface area (Å²) in [6.45, 7) is 11.1. The van der Waals surface area contributed by atoms with Gasteiger partial charge < -0.3 is 5.11 Å². The second-order valence-corrected chi connectivity index (χ2v) is 7.18. The van der Waals surface area contributed by atoms with Crippen molar-refractivity contribution < 1.29 is 5.11 Å². The lowest BCUT2D eigenvalue weighted by Gasteiger charge is -2.31. The van der Waals surface area contributed by atoms with Crippen LogP contribution < -0.4 is 0 Å². The average molecular weight is 220 g/mol. The van der Waals surface area contributed by atoms with Gasteiger partial charge in [-0.1, -0.05) is 26.0 Å². The highest BCUT2D eigenvalue weighted by Gasteiger charge is 2.67. The number of aliphatic hydroxyl groups is 1. The molecule has 1 nitrogen and oxygen atoms in total. The second kappa shape index (κ2) is 2.93. The molecule has 3 rings (SSSR count). The summed E-state index contributed by atoms with van der Waals surface area (Å²) in [5, 5.41) is 10.6. The average Bonchev–Trinajstić information content (AvgIpc) is 2.61. The van der Waals surface area contributed by atoms with E-state index in [1.165, 1.54) is 18.4 Å². The van der Waals surface area contributed by atoms with Crippen molar-refractivity contribution in [1.29, 1.82) is 0 Å². The van der Waals surface area contributed by atoms with Crippen LogP contribution in [-0.2, 0) is 0 Å². The summed E-state index contributed by atoms with van der Waals surface area (Å²) < 4.78 is 0. The summed E-state index contributed by atoms with van der Waals surface area (Å²) in [5.74, 6) is 2.67. The Balaban J connectivity index is 1.98. The fourth-order valence-electron chi connectivity index (χ4n) is 4.90. The fourth-order valence-corrected chi connectivity index (χ4v) is 4.90. The molecular weight excluding hydrogens is 196 g/mol. The Bertz CT molecular complexity index is 339. The van der Waals surface area contributed by atoms with Gasteiger partial charge >= 0.3 is 0 Å². The van der Waals surface area contributed by atoms with E-state index in [0.717, 1.165) is 24.7 Å². The fraction of sp³-hybridized carbons (Fsp3) is 0.867. The van der Waals surface area contributed by atoms with Crippen LogP contribution in [0.2, 0.25) is 0 Å². The first-order chi connectivity index (χ1) is 7.36. The van der Waals surface area contributed by atoms with Gasteiger partial charge in [0.1, 0.15) is 0 Å².